The van der Waals surface area contributed by atoms with Crippen molar-refractivity contribution in [3.05, 3.63) is 57.1 Å². The number of hydrogen-bond acceptors (Lipinski definition) is 4. The van der Waals surface area contributed by atoms with Crippen molar-refractivity contribution in [2.24, 2.45) is 11.3 Å². The third kappa shape index (κ3) is 4.36. The summed E-state index contributed by atoms with van der Waals surface area (Å²) in [6, 6.07) is 8.57. The average Bonchev–Trinajstić information content (AvgIpc) is 2.87. The monoisotopic (exact) mass is 522 g/mol. The Morgan fingerprint density at radius 1 is 1.08 bits per heavy atom. The van der Waals surface area contributed by atoms with E-state index in [1.807, 2.05) is 0 Å². The van der Waals surface area contributed by atoms with Gasteiger partial charge in [-0.2, -0.15) is 0 Å². The Balaban J connectivity index is 1.43. The number of aromatic hydroxyl groups is 1. The number of nitrogens with one attached hydrogen (secondary N) is 1. The van der Waals surface area contributed by atoms with Crippen molar-refractivity contribution < 1.29 is 13.5 Å². The van der Waals surface area contributed by atoms with Gasteiger partial charge < -0.3 is 5.11 Å². The van der Waals surface area contributed by atoms with Crippen LogP contribution in [0.15, 0.2) is 29.2 Å². The molecule has 0 spiro atoms. The number of hydrogen-bond donors (Lipinski definition) is 2. The van der Waals surface area contributed by atoms with E-state index in [0.29, 0.717) is 24.8 Å². The molecule has 0 amide bonds. The molecule has 2 aromatic carbocycles. The molecule has 0 bridgehead atoms. The molecule has 0 aromatic heterocycles. The van der Waals surface area contributed by atoms with Crippen LogP contribution >= 0.6 is 0 Å². The summed E-state index contributed by atoms with van der Waals surface area (Å²) in [5.41, 5.74) is 5.67. The summed E-state index contributed by atoms with van der Waals surface area (Å²) in [5.74, 6) is 0.400. The average molecular weight is 523 g/mol. The highest BCUT2D eigenvalue weighted by Crippen LogP contribution is 2.57. The molecule has 1 fully saturated rings. The molecule has 0 aliphatic heterocycles. The van der Waals surface area contributed by atoms with Crippen LogP contribution in [0.1, 0.15) is 100.0 Å². The van der Waals surface area contributed by atoms with Crippen molar-refractivity contribution in [3.63, 3.8) is 0 Å². The Morgan fingerprint density at radius 3 is 2.57 bits per heavy atom. The lowest BCUT2D eigenvalue weighted by molar-refractivity contribution is 0.0298. The van der Waals surface area contributed by atoms with Crippen molar-refractivity contribution in [2.75, 3.05) is 6.54 Å². The third-order valence-corrected chi connectivity index (χ3v) is 11.2. The summed E-state index contributed by atoms with van der Waals surface area (Å²) >= 11 is 0. The molecule has 6 nitrogen and oxygen atoms in total. The van der Waals surface area contributed by atoms with E-state index in [9.17, 15) is 18.9 Å². The summed E-state index contributed by atoms with van der Waals surface area (Å²) in [7, 11) is -4.00. The molecule has 198 valence electrons. The van der Waals surface area contributed by atoms with Crippen LogP contribution in [-0.4, -0.2) is 20.1 Å². The molecule has 3 aliphatic rings. The number of benzene rings is 2. The minimum atomic E-state index is -4.00. The predicted octanol–water partition coefficient (Wildman–Crippen LogP) is 6.87. The number of rotatable bonds is 5. The predicted molar refractivity (Wildman–Crippen MR) is 146 cm³/mol. The van der Waals surface area contributed by atoms with Gasteiger partial charge in [0.15, 0.2) is 4.98 Å². The Hall–Kier alpha value is -2.43. The summed E-state index contributed by atoms with van der Waals surface area (Å²) in [6.45, 7) is 9.39. The van der Waals surface area contributed by atoms with Gasteiger partial charge in [-0.15, -0.1) is 0 Å². The largest absolute Gasteiger partial charge is 0.500 e. The third-order valence-electron chi connectivity index (χ3n) is 9.78. The standard InChI is InChI=1S/C30H39N3O3S/c1-19(2)20-10-12-24-22(16-20)11-13-26-29(3,14-7-15-30(24,26)4)18-32-37(35,36)25-17-21-8-5-6-9-23(21)27(33-31)28(25)34/h10,12,16-17,19,26,32H,5-9,11,13-15,18H2,1-4H3/p+1/t26-,29+,30+/m0/s1. The van der Waals surface area contributed by atoms with Gasteiger partial charge in [0.1, 0.15) is 4.90 Å². The minimum absolute atomic E-state index is 0.00122. The summed E-state index contributed by atoms with van der Waals surface area (Å²) in [4.78, 5) is 3.10. The molecule has 2 N–H and O–H groups in total. The zero-order valence-corrected chi connectivity index (χ0v) is 23.4. The van der Waals surface area contributed by atoms with E-state index in [-0.39, 0.29) is 21.4 Å². The molecule has 0 heterocycles. The normalized spacial score (nSPS) is 27.2. The molecule has 7 heteroatoms. The molecule has 3 atom stereocenters. The smallest absolute Gasteiger partial charge is 0.430 e. The second kappa shape index (κ2) is 9.39. The molecule has 2 aromatic rings. The molecule has 3 aliphatic carbocycles. The molecule has 1 saturated carbocycles. The van der Waals surface area contributed by atoms with Crippen LogP contribution < -0.4 is 4.72 Å². The number of diazo groups is 1. The molecule has 0 unspecified atom stereocenters. The Morgan fingerprint density at radius 2 is 1.84 bits per heavy atom. The van der Waals surface area contributed by atoms with Crippen LogP contribution in [-0.2, 0) is 34.7 Å². The fourth-order valence-corrected chi connectivity index (χ4v) is 9.03. The zero-order valence-electron chi connectivity index (χ0n) is 22.6. The van der Waals surface area contributed by atoms with Gasteiger partial charge in [0, 0.05) is 6.54 Å². The fourth-order valence-electron chi connectivity index (χ4n) is 7.71. The van der Waals surface area contributed by atoms with Gasteiger partial charge in [0.25, 0.3) is 0 Å². The van der Waals surface area contributed by atoms with E-state index < -0.39 is 15.8 Å². The van der Waals surface area contributed by atoms with E-state index in [4.69, 9.17) is 0 Å². The number of sulfonamides is 1. The lowest BCUT2D eigenvalue weighted by atomic mass is 9.50. The Bertz CT molecular complexity index is 1380. The van der Waals surface area contributed by atoms with Gasteiger partial charge in [0.05, 0.1) is 5.56 Å². The van der Waals surface area contributed by atoms with Crippen LogP contribution in [0.25, 0.3) is 4.98 Å². The lowest BCUT2D eigenvalue weighted by Crippen LogP contribution is -2.53. The number of phenols is 1. The van der Waals surface area contributed by atoms with Gasteiger partial charge in [-0.1, -0.05) is 52.3 Å². The molecule has 0 saturated heterocycles. The van der Waals surface area contributed by atoms with Gasteiger partial charge >= 0.3 is 5.69 Å². The van der Waals surface area contributed by atoms with Crippen molar-refractivity contribution in [1.82, 2.24) is 4.72 Å². The quantitative estimate of drug-likeness (QED) is 0.419. The second-order valence-electron chi connectivity index (χ2n) is 12.4. The van der Waals surface area contributed by atoms with Crippen LogP contribution in [0, 0.1) is 16.7 Å². The van der Waals surface area contributed by atoms with E-state index in [2.05, 4.69) is 55.6 Å². The summed E-state index contributed by atoms with van der Waals surface area (Å²) < 4.78 is 29.9. The molecular weight excluding hydrogens is 482 g/mol. The number of aryl methyl sites for hydroxylation is 2. The maximum absolute atomic E-state index is 13.5. The fraction of sp³-hybridized carbons (Fsp3) is 0.600. The highest BCUT2D eigenvalue weighted by molar-refractivity contribution is 7.89. The topological polar surface area (TPSA) is 94.5 Å². The van der Waals surface area contributed by atoms with E-state index >= 15 is 0 Å². The number of fused-ring (bicyclic) bond motifs is 4. The highest BCUT2D eigenvalue weighted by Gasteiger charge is 2.52. The van der Waals surface area contributed by atoms with Crippen LogP contribution in [0.2, 0.25) is 0 Å². The second-order valence-corrected chi connectivity index (χ2v) is 14.2. The number of nitrogens with zero attached hydrogens (tertiary/aromatic N) is 2. The van der Waals surface area contributed by atoms with Crippen molar-refractivity contribution in [3.8, 4) is 5.75 Å². The van der Waals surface area contributed by atoms with Crippen molar-refractivity contribution in [1.29, 1.82) is 5.39 Å². The summed E-state index contributed by atoms with van der Waals surface area (Å²) in [6.07, 6.45) is 8.46. The van der Waals surface area contributed by atoms with E-state index in [1.54, 1.807) is 6.07 Å². The summed E-state index contributed by atoms with van der Waals surface area (Å²) in [5, 5.41) is 20.4. The first-order valence-electron chi connectivity index (χ1n) is 13.9. The molecule has 0 radical (unpaired) electrons. The maximum Gasteiger partial charge on any atom is 0.430 e. The Kier molecular flexibility index (Phi) is 6.65. The first kappa shape index (κ1) is 26.2. The van der Waals surface area contributed by atoms with Gasteiger partial charge in [-0.25, -0.2) is 13.1 Å². The lowest BCUT2D eigenvalue weighted by Gasteiger charge is -2.55. The van der Waals surface area contributed by atoms with E-state index in [1.165, 1.54) is 16.7 Å². The zero-order chi connectivity index (χ0) is 26.6. The van der Waals surface area contributed by atoms with Crippen LogP contribution in [0.4, 0.5) is 5.69 Å². The maximum atomic E-state index is 13.5. The van der Waals surface area contributed by atoms with E-state index in [0.717, 1.165) is 62.5 Å². The SMILES string of the molecule is CC(C)c1ccc2c(c1)CC[C@H]1[C@@](C)(CNS(=O)(=O)c3cc4c(c([N+]#N)c3O)CCCC4)CCC[C@]21C. The number of phenolic OH excluding ortho intramolecular Hbond substituents is 1. The first-order chi connectivity index (χ1) is 17.5. The van der Waals surface area contributed by atoms with Crippen LogP contribution in [0.3, 0.4) is 0 Å². The molecule has 37 heavy (non-hydrogen) atoms. The molecule has 5 rings (SSSR count). The first-order valence-corrected chi connectivity index (χ1v) is 15.3. The van der Waals surface area contributed by atoms with Gasteiger partial charge in [-0.3, -0.25) is 0 Å². The van der Waals surface area contributed by atoms with Crippen LogP contribution in [0.5, 0.6) is 5.75 Å². The van der Waals surface area contributed by atoms with Gasteiger partial charge in [-0.05, 0) is 102 Å². The van der Waals surface area contributed by atoms with Crippen molar-refractivity contribution >= 4 is 15.7 Å². The molecular formula is C30H40N3O3S+. The Labute approximate surface area is 221 Å². The minimum Gasteiger partial charge on any atom is -0.500 e. The van der Waals surface area contributed by atoms with Gasteiger partial charge in [0.2, 0.25) is 21.2 Å². The highest BCUT2D eigenvalue weighted by atomic mass is 32.2. The van der Waals surface area contributed by atoms with Crippen molar-refractivity contribution in [2.45, 2.75) is 102 Å².